The molecule has 0 aliphatic heterocycles. The van der Waals surface area contributed by atoms with E-state index in [1.165, 1.54) is 28.7 Å². The van der Waals surface area contributed by atoms with Crippen molar-refractivity contribution in [2.24, 2.45) is 0 Å². The van der Waals surface area contributed by atoms with Crippen LogP contribution in [0.1, 0.15) is 36.0 Å². The van der Waals surface area contributed by atoms with Crippen LogP contribution < -0.4 is 16.2 Å². The molecule has 29 heavy (non-hydrogen) atoms. The number of rotatable bonds is 4. The Hall–Kier alpha value is -3.26. The molecule has 0 unspecified atom stereocenters. The van der Waals surface area contributed by atoms with Gasteiger partial charge in [0.15, 0.2) is 0 Å². The number of fused-ring (bicyclic) bond motifs is 2. The highest BCUT2D eigenvalue weighted by Crippen LogP contribution is 2.23. The van der Waals surface area contributed by atoms with Gasteiger partial charge in [0.1, 0.15) is 0 Å². The lowest BCUT2D eigenvalue weighted by Gasteiger charge is -2.12. The van der Waals surface area contributed by atoms with Crippen LogP contribution in [0.3, 0.4) is 0 Å². The standard InChI is InChI=1S/C21H19N5O2S/c27-18(22-14-5-1-2-6-14)13-9-11-15(12-10-13)23-20-25-26-19(28)16-7-3-4-8-17(16)24-21(26)29-20/h3-4,7-12,14H,1-2,5-6H2,(H,22,27)(H,23,25). The van der Waals surface area contributed by atoms with Gasteiger partial charge in [-0.1, -0.05) is 36.3 Å². The molecule has 0 saturated heterocycles. The number of anilines is 2. The number of aromatic nitrogens is 3. The lowest BCUT2D eigenvalue weighted by Crippen LogP contribution is -2.32. The maximum absolute atomic E-state index is 12.6. The van der Waals surface area contributed by atoms with E-state index in [1.54, 1.807) is 18.2 Å². The molecule has 146 valence electrons. The van der Waals surface area contributed by atoms with Crippen molar-refractivity contribution in [3.8, 4) is 0 Å². The SMILES string of the molecule is O=C(NC1CCCC1)c1ccc(Nc2nn3c(=O)c4ccccc4nc3s2)cc1. The first-order valence-electron chi connectivity index (χ1n) is 9.64. The third-order valence-electron chi connectivity index (χ3n) is 5.19. The normalized spacial score (nSPS) is 14.5. The van der Waals surface area contributed by atoms with Crippen molar-refractivity contribution in [3.05, 3.63) is 64.4 Å². The molecule has 2 heterocycles. The van der Waals surface area contributed by atoms with Crippen LogP contribution in [0.15, 0.2) is 53.3 Å². The first-order valence-corrected chi connectivity index (χ1v) is 10.5. The van der Waals surface area contributed by atoms with Gasteiger partial charge in [0.25, 0.3) is 11.5 Å². The molecular weight excluding hydrogens is 386 g/mol. The van der Waals surface area contributed by atoms with Gasteiger partial charge >= 0.3 is 0 Å². The van der Waals surface area contributed by atoms with Crippen molar-refractivity contribution >= 4 is 43.9 Å². The number of carbonyl (C=O) groups excluding carboxylic acids is 1. The molecule has 5 rings (SSSR count). The predicted octanol–water partition coefficient (Wildman–Crippen LogP) is 3.72. The molecule has 7 nitrogen and oxygen atoms in total. The van der Waals surface area contributed by atoms with E-state index in [9.17, 15) is 9.59 Å². The Kier molecular flexibility index (Phi) is 4.48. The largest absolute Gasteiger partial charge is 0.349 e. The van der Waals surface area contributed by atoms with Crippen molar-refractivity contribution in [2.75, 3.05) is 5.32 Å². The number of benzene rings is 2. The minimum absolute atomic E-state index is 0.0362. The molecule has 0 atom stereocenters. The van der Waals surface area contributed by atoms with Gasteiger partial charge in [-0.3, -0.25) is 9.59 Å². The quantitative estimate of drug-likeness (QED) is 0.540. The zero-order valence-electron chi connectivity index (χ0n) is 15.6. The summed E-state index contributed by atoms with van der Waals surface area (Å²) in [5, 5.41) is 11.7. The summed E-state index contributed by atoms with van der Waals surface area (Å²) < 4.78 is 1.32. The molecule has 4 aromatic rings. The summed E-state index contributed by atoms with van der Waals surface area (Å²) in [7, 11) is 0. The molecule has 0 bridgehead atoms. The van der Waals surface area contributed by atoms with Crippen LogP contribution in [0, 0.1) is 0 Å². The average molecular weight is 405 g/mol. The number of nitrogens with one attached hydrogen (secondary N) is 2. The van der Waals surface area contributed by atoms with E-state index in [2.05, 4.69) is 20.7 Å². The Morgan fingerprint density at radius 3 is 2.62 bits per heavy atom. The molecule has 2 aromatic carbocycles. The smallest absolute Gasteiger partial charge is 0.283 e. The van der Waals surface area contributed by atoms with Crippen LogP contribution in [0.2, 0.25) is 0 Å². The summed E-state index contributed by atoms with van der Waals surface area (Å²) in [4.78, 5) is 30.0. The van der Waals surface area contributed by atoms with Gasteiger partial charge < -0.3 is 10.6 Å². The van der Waals surface area contributed by atoms with Crippen LogP contribution in [-0.4, -0.2) is 26.5 Å². The van der Waals surface area contributed by atoms with Crippen LogP contribution in [0.5, 0.6) is 0 Å². The van der Waals surface area contributed by atoms with Crippen molar-refractivity contribution in [3.63, 3.8) is 0 Å². The summed E-state index contributed by atoms with van der Waals surface area (Å²) in [5.74, 6) is -0.0362. The molecule has 1 amide bonds. The highest BCUT2D eigenvalue weighted by atomic mass is 32.1. The number of hydrogen-bond donors (Lipinski definition) is 2. The van der Waals surface area contributed by atoms with E-state index in [4.69, 9.17) is 0 Å². The summed E-state index contributed by atoms with van der Waals surface area (Å²) >= 11 is 1.30. The van der Waals surface area contributed by atoms with E-state index < -0.39 is 0 Å². The Balaban J connectivity index is 1.36. The fourth-order valence-corrected chi connectivity index (χ4v) is 4.49. The van der Waals surface area contributed by atoms with E-state index in [0.29, 0.717) is 32.6 Å². The predicted molar refractivity (Wildman–Crippen MR) is 114 cm³/mol. The Labute approximate surface area is 170 Å². The monoisotopic (exact) mass is 405 g/mol. The number of para-hydroxylation sites is 1. The number of carbonyl (C=O) groups is 1. The van der Waals surface area contributed by atoms with Gasteiger partial charge in [-0.25, -0.2) is 4.98 Å². The molecule has 8 heteroatoms. The zero-order valence-corrected chi connectivity index (χ0v) is 16.4. The van der Waals surface area contributed by atoms with E-state index in [1.807, 2.05) is 30.3 Å². The van der Waals surface area contributed by atoms with Gasteiger partial charge in [0.2, 0.25) is 10.1 Å². The second-order valence-electron chi connectivity index (χ2n) is 7.19. The Morgan fingerprint density at radius 2 is 1.83 bits per heavy atom. The van der Waals surface area contributed by atoms with Gasteiger partial charge in [0, 0.05) is 17.3 Å². The molecule has 1 fully saturated rings. The molecule has 1 aliphatic carbocycles. The van der Waals surface area contributed by atoms with Gasteiger partial charge in [0.05, 0.1) is 10.9 Å². The minimum Gasteiger partial charge on any atom is -0.349 e. The summed E-state index contributed by atoms with van der Waals surface area (Å²) in [6.07, 6.45) is 4.49. The third kappa shape index (κ3) is 3.47. The first-order chi connectivity index (χ1) is 14.2. The molecule has 0 spiro atoms. The second-order valence-corrected chi connectivity index (χ2v) is 8.15. The van der Waals surface area contributed by atoms with Crippen LogP contribution in [0.25, 0.3) is 15.9 Å². The summed E-state index contributed by atoms with van der Waals surface area (Å²) in [5.41, 5.74) is 1.90. The lowest BCUT2D eigenvalue weighted by atomic mass is 10.1. The van der Waals surface area contributed by atoms with Crippen molar-refractivity contribution in [1.29, 1.82) is 0 Å². The fourth-order valence-electron chi connectivity index (χ4n) is 3.67. The lowest BCUT2D eigenvalue weighted by molar-refractivity contribution is 0.0938. The van der Waals surface area contributed by atoms with Crippen LogP contribution in [0.4, 0.5) is 10.8 Å². The third-order valence-corrected chi connectivity index (χ3v) is 6.02. The van der Waals surface area contributed by atoms with Gasteiger partial charge in [-0.2, -0.15) is 4.52 Å². The minimum atomic E-state index is -0.186. The number of amides is 1. The molecule has 1 aliphatic rings. The molecular formula is C21H19N5O2S. The first kappa shape index (κ1) is 17.8. The molecule has 0 radical (unpaired) electrons. The van der Waals surface area contributed by atoms with Crippen molar-refractivity contribution in [2.45, 2.75) is 31.7 Å². The highest BCUT2D eigenvalue weighted by Gasteiger charge is 2.18. The zero-order chi connectivity index (χ0) is 19.8. The van der Waals surface area contributed by atoms with E-state index in [-0.39, 0.29) is 11.5 Å². The van der Waals surface area contributed by atoms with Gasteiger partial charge in [-0.05, 0) is 49.2 Å². The molecule has 1 saturated carbocycles. The van der Waals surface area contributed by atoms with E-state index >= 15 is 0 Å². The average Bonchev–Trinajstić information content (AvgIpc) is 3.38. The van der Waals surface area contributed by atoms with Crippen molar-refractivity contribution in [1.82, 2.24) is 19.9 Å². The second kappa shape index (κ2) is 7.29. The number of nitrogens with zero attached hydrogens (tertiary/aromatic N) is 3. The number of hydrogen-bond acceptors (Lipinski definition) is 6. The maximum atomic E-state index is 12.6. The van der Waals surface area contributed by atoms with E-state index in [0.717, 1.165) is 18.5 Å². The van der Waals surface area contributed by atoms with Crippen LogP contribution in [-0.2, 0) is 0 Å². The van der Waals surface area contributed by atoms with Crippen LogP contribution >= 0.6 is 11.3 Å². The Bertz CT molecular complexity index is 1260. The van der Waals surface area contributed by atoms with Gasteiger partial charge in [-0.15, -0.1) is 5.10 Å². The van der Waals surface area contributed by atoms with Crippen molar-refractivity contribution < 1.29 is 4.79 Å². The Morgan fingerprint density at radius 1 is 1.07 bits per heavy atom. The highest BCUT2D eigenvalue weighted by molar-refractivity contribution is 7.20. The summed E-state index contributed by atoms with van der Waals surface area (Å²) in [6.45, 7) is 0. The molecule has 2 aromatic heterocycles. The topological polar surface area (TPSA) is 88.4 Å². The summed E-state index contributed by atoms with van der Waals surface area (Å²) in [6, 6.07) is 14.8. The maximum Gasteiger partial charge on any atom is 0.283 e. The fraction of sp³-hybridized carbons (Fsp3) is 0.238. The molecule has 2 N–H and O–H groups in total.